The zero-order chi connectivity index (χ0) is 22.0. The fourth-order valence-electron chi connectivity index (χ4n) is 3.23. The molecule has 0 unspecified atom stereocenters. The number of hydrogen-bond acceptors (Lipinski definition) is 1. The van der Waals surface area contributed by atoms with E-state index < -0.39 is 23.3 Å². The highest BCUT2D eigenvalue weighted by Crippen LogP contribution is 2.34. The standard InChI is InChI=1S/C26H18F4O.CH4/c1-17-2-4-18(5-3-17)20-8-15-24(25(28)16-20)19-6-9-21(10-7-19)26(29,30)31-23-13-11-22(27)12-14-23;/h2-16H,1H3;1H4. The summed E-state index contributed by atoms with van der Waals surface area (Å²) in [6, 6.07) is 22.1. The van der Waals surface area contributed by atoms with Crippen LogP contribution in [0, 0.1) is 18.6 Å². The highest BCUT2D eigenvalue weighted by Gasteiger charge is 2.34. The predicted octanol–water partition coefficient (Wildman–Crippen LogP) is 8.37. The van der Waals surface area contributed by atoms with Gasteiger partial charge >= 0.3 is 6.11 Å². The molecule has 4 aromatic rings. The molecule has 1 nitrogen and oxygen atoms in total. The number of benzene rings is 4. The molecule has 0 aromatic heterocycles. The Balaban J connectivity index is 0.00000289. The van der Waals surface area contributed by atoms with E-state index in [0.29, 0.717) is 11.1 Å². The molecule has 0 spiro atoms. The molecule has 0 atom stereocenters. The van der Waals surface area contributed by atoms with Crippen LogP contribution in [0.25, 0.3) is 22.3 Å². The van der Waals surface area contributed by atoms with Crippen LogP contribution in [0.2, 0.25) is 0 Å². The first-order valence-electron chi connectivity index (χ1n) is 9.62. The van der Waals surface area contributed by atoms with Crippen molar-refractivity contribution in [2.75, 3.05) is 0 Å². The number of rotatable bonds is 5. The minimum atomic E-state index is -3.62. The quantitative estimate of drug-likeness (QED) is 0.284. The van der Waals surface area contributed by atoms with Gasteiger partial charge in [0.15, 0.2) is 0 Å². The van der Waals surface area contributed by atoms with E-state index in [-0.39, 0.29) is 13.2 Å². The van der Waals surface area contributed by atoms with Crippen molar-refractivity contribution < 1.29 is 22.3 Å². The van der Waals surface area contributed by atoms with Crippen molar-refractivity contribution in [3.8, 4) is 28.0 Å². The molecule has 0 saturated carbocycles. The molecule has 0 bridgehead atoms. The van der Waals surface area contributed by atoms with Gasteiger partial charge in [-0.1, -0.05) is 61.5 Å². The highest BCUT2D eigenvalue weighted by atomic mass is 19.3. The molecule has 4 aromatic carbocycles. The summed E-state index contributed by atoms with van der Waals surface area (Å²) >= 11 is 0. The lowest BCUT2D eigenvalue weighted by molar-refractivity contribution is -0.185. The van der Waals surface area contributed by atoms with Gasteiger partial charge in [0.25, 0.3) is 0 Å². The summed E-state index contributed by atoms with van der Waals surface area (Å²) in [5.74, 6) is -1.15. The first kappa shape index (κ1) is 23.1. The van der Waals surface area contributed by atoms with Crippen molar-refractivity contribution >= 4 is 0 Å². The summed E-state index contributed by atoms with van der Waals surface area (Å²) < 4.78 is 61.3. The Kier molecular flexibility index (Phi) is 6.68. The van der Waals surface area contributed by atoms with E-state index in [9.17, 15) is 17.6 Å². The second kappa shape index (κ2) is 9.27. The van der Waals surface area contributed by atoms with Crippen LogP contribution in [0.5, 0.6) is 5.75 Å². The monoisotopic (exact) mass is 438 g/mol. The Labute approximate surface area is 184 Å². The van der Waals surface area contributed by atoms with E-state index >= 15 is 0 Å². The molecule has 164 valence electrons. The van der Waals surface area contributed by atoms with Crippen LogP contribution in [0.3, 0.4) is 0 Å². The summed E-state index contributed by atoms with van der Waals surface area (Å²) in [4.78, 5) is 0. The minimum absolute atomic E-state index is 0. The van der Waals surface area contributed by atoms with Crippen LogP contribution in [0.15, 0.2) is 91.0 Å². The smallest absolute Gasteiger partial charge is 0.426 e. The van der Waals surface area contributed by atoms with Gasteiger partial charge in [0.1, 0.15) is 17.4 Å². The van der Waals surface area contributed by atoms with Gasteiger partial charge in [-0.3, -0.25) is 0 Å². The maximum atomic E-state index is 14.8. The van der Waals surface area contributed by atoms with Crippen molar-refractivity contribution in [3.05, 3.63) is 114 Å². The Morgan fingerprint density at radius 3 is 1.81 bits per heavy atom. The fraction of sp³-hybridized carbons (Fsp3) is 0.111. The normalized spacial score (nSPS) is 11.0. The zero-order valence-electron chi connectivity index (χ0n) is 16.6. The van der Waals surface area contributed by atoms with Crippen LogP contribution < -0.4 is 4.74 Å². The molecule has 4 rings (SSSR count). The third-order valence-electron chi connectivity index (χ3n) is 4.95. The summed E-state index contributed by atoms with van der Waals surface area (Å²) in [7, 11) is 0. The number of hydrogen-bond donors (Lipinski definition) is 0. The van der Waals surface area contributed by atoms with Crippen LogP contribution >= 0.6 is 0 Å². The van der Waals surface area contributed by atoms with Gasteiger partial charge in [0, 0.05) is 5.56 Å². The molecule has 0 fully saturated rings. The van der Waals surface area contributed by atoms with E-state index in [1.807, 2.05) is 31.2 Å². The van der Waals surface area contributed by atoms with Crippen molar-refractivity contribution in [2.45, 2.75) is 20.5 Å². The Bertz CT molecular complexity index is 1180. The molecular weight excluding hydrogens is 416 g/mol. The molecule has 0 aliphatic rings. The second-order valence-corrected chi connectivity index (χ2v) is 7.21. The van der Waals surface area contributed by atoms with Gasteiger partial charge in [-0.25, -0.2) is 8.78 Å². The average Bonchev–Trinajstić information content (AvgIpc) is 2.76. The van der Waals surface area contributed by atoms with Crippen LogP contribution in [-0.2, 0) is 6.11 Å². The molecular formula is C27H22F4O. The predicted molar refractivity (Wildman–Crippen MR) is 120 cm³/mol. The second-order valence-electron chi connectivity index (χ2n) is 7.21. The molecule has 0 heterocycles. The molecule has 0 saturated heterocycles. The van der Waals surface area contributed by atoms with E-state index in [0.717, 1.165) is 41.0 Å². The third kappa shape index (κ3) is 4.99. The third-order valence-corrected chi connectivity index (χ3v) is 4.95. The summed E-state index contributed by atoms with van der Waals surface area (Å²) in [6.07, 6.45) is -3.62. The van der Waals surface area contributed by atoms with Crippen LogP contribution in [0.1, 0.15) is 18.6 Å². The zero-order valence-corrected chi connectivity index (χ0v) is 16.6. The van der Waals surface area contributed by atoms with Crippen LogP contribution in [0.4, 0.5) is 17.6 Å². The minimum Gasteiger partial charge on any atom is -0.429 e. The molecule has 5 heteroatoms. The van der Waals surface area contributed by atoms with Crippen molar-refractivity contribution in [3.63, 3.8) is 0 Å². The Morgan fingerprint density at radius 1 is 0.656 bits per heavy atom. The Morgan fingerprint density at radius 2 is 1.22 bits per heavy atom. The first-order chi connectivity index (χ1) is 14.8. The van der Waals surface area contributed by atoms with Crippen molar-refractivity contribution in [2.24, 2.45) is 0 Å². The van der Waals surface area contributed by atoms with E-state index in [1.165, 1.54) is 30.3 Å². The summed E-state index contributed by atoms with van der Waals surface area (Å²) in [5, 5.41) is 0. The van der Waals surface area contributed by atoms with Gasteiger partial charge in [0.2, 0.25) is 0 Å². The molecule has 0 aliphatic heterocycles. The maximum Gasteiger partial charge on any atom is 0.426 e. The van der Waals surface area contributed by atoms with E-state index in [1.54, 1.807) is 12.1 Å². The van der Waals surface area contributed by atoms with Gasteiger partial charge in [-0.05, 0) is 66.1 Å². The average molecular weight is 438 g/mol. The van der Waals surface area contributed by atoms with Gasteiger partial charge in [0.05, 0.1) is 5.56 Å². The topological polar surface area (TPSA) is 9.23 Å². The fourth-order valence-corrected chi connectivity index (χ4v) is 3.23. The largest absolute Gasteiger partial charge is 0.429 e. The van der Waals surface area contributed by atoms with Crippen LogP contribution in [-0.4, -0.2) is 0 Å². The molecule has 32 heavy (non-hydrogen) atoms. The number of aryl methyl sites for hydroxylation is 1. The van der Waals surface area contributed by atoms with Gasteiger partial charge in [-0.2, -0.15) is 8.78 Å². The van der Waals surface area contributed by atoms with E-state index in [4.69, 9.17) is 4.74 Å². The van der Waals surface area contributed by atoms with Crippen molar-refractivity contribution in [1.82, 2.24) is 0 Å². The summed E-state index contributed by atoms with van der Waals surface area (Å²) in [6.45, 7) is 1.98. The lowest BCUT2D eigenvalue weighted by atomic mass is 9.98. The maximum absolute atomic E-state index is 14.8. The lowest BCUT2D eigenvalue weighted by Gasteiger charge is -2.18. The number of alkyl halides is 2. The Hall–Kier alpha value is -3.60. The highest BCUT2D eigenvalue weighted by molar-refractivity contribution is 5.71. The number of halogens is 4. The van der Waals surface area contributed by atoms with Crippen molar-refractivity contribution in [1.29, 1.82) is 0 Å². The first-order valence-corrected chi connectivity index (χ1v) is 9.62. The van der Waals surface area contributed by atoms with Gasteiger partial charge in [-0.15, -0.1) is 0 Å². The van der Waals surface area contributed by atoms with E-state index in [2.05, 4.69) is 0 Å². The number of ether oxygens (including phenoxy) is 1. The van der Waals surface area contributed by atoms with Gasteiger partial charge < -0.3 is 4.74 Å². The molecule has 0 N–H and O–H groups in total. The lowest BCUT2D eigenvalue weighted by Crippen LogP contribution is -2.21. The molecule has 0 radical (unpaired) electrons. The summed E-state index contributed by atoms with van der Waals surface area (Å²) in [5.41, 5.74) is 3.12. The SMILES string of the molecule is C.Cc1ccc(-c2ccc(-c3ccc(C(F)(F)Oc4ccc(F)cc4)cc3)c(F)c2)cc1. The molecule has 0 aliphatic carbocycles. The molecule has 0 amide bonds.